The summed E-state index contributed by atoms with van der Waals surface area (Å²) < 4.78 is 7.55. The van der Waals surface area contributed by atoms with Gasteiger partial charge in [0.2, 0.25) is 5.90 Å². The summed E-state index contributed by atoms with van der Waals surface area (Å²) in [6, 6.07) is 22.3. The maximum Gasteiger partial charge on any atom is 0.363 e. The van der Waals surface area contributed by atoms with Crippen LogP contribution in [0.15, 0.2) is 89.0 Å². The molecule has 0 bridgehead atoms. The van der Waals surface area contributed by atoms with Gasteiger partial charge in [0.1, 0.15) is 0 Å². The summed E-state index contributed by atoms with van der Waals surface area (Å²) in [5.41, 5.74) is 3.62. The highest BCUT2D eigenvalue weighted by molar-refractivity contribution is 7.12. The summed E-state index contributed by atoms with van der Waals surface area (Å²) in [7, 11) is 0. The van der Waals surface area contributed by atoms with E-state index in [2.05, 4.69) is 40.0 Å². The Kier molecular flexibility index (Phi) is 4.14. The quantitative estimate of drug-likeness (QED) is 0.363. The van der Waals surface area contributed by atoms with Gasteiger partial charge in [-0.1, -0.05) is 54.6 Å². The second-order valence-electron chi connectivity index (χ2n) is 6.53. The van der Waals surface area contributed by atoms with Gasteiger partial charge in [0.25, 0.3) is 0 Å². The molecule has 2 aromatic heterocycles. The summed E-state index contributed by atoms with van der Waals surface area (Å²) in [5, 5.41) is 3.02. The Morgan fingerprint density at radius 1 is 1.00 bits per heavy atom. The van der Waals surface area contributed by atoms with E-state index in [-0.39, 0.29) is 0 Å². The third-order valence-corrected chi connectivity index (χ3v) is 5.52. The van der Waals surface area contributed by atoms with Gasteiger partial charge in [-0.25, -0.2) is 9.79 Å². The SMILES string of the molecule is O=C1OC(c2cccs2)=NC1=Cc1cn(Cc2ccccc2)c2ccccc12. The first-order valence-corrected chi connectivity index (χ1v) is 9.84. The van der Waals surface area contributed by atoms with Gasteiger partial charge in [0.05, 0.1) is 4.88 Å². The number of benzene rings is 2. The highest BCUT2D eigenvalue weighted by Crippen LogP contribution is 2.27. The number of thiophene rings is 1. The van der Waals surface area contributed by atoms with Crippen molar-refractivity contribution < 1.29 is 9.53 Å². The fourth-order valence-electron chi connectivity index (χ4n) is 3.36. The monoisotopic (exact) mass is 384 g/mol. The van der Waals surface area contributed by atoms with E-state index in [1.807, 2.05) is 53.9 Å². The van der Waals surface area contributed by atoms with Gasteiger partial charge in [0, 0.05) is 29.2 Å². The van der Waals surface area contributed by atoms with E-state index in [0.29, 0.717) is 11.6 Å². The van der Waals surface area contributed by atoms with Crippen molar-refractivity contribution in [3.05, 3.63) is 100 Å². The van der Waals surface area contributed by atoms with Crippen LogP contribution in [0.3, 0.4) is 0 Å². The first kappa shape index (κ1) is 16.7. The highest BCUT2D eigenvalue weighted by Gasteiger charge is 2.25. The second kappa shape index (κ2) is 6.94. The molecule has 0 fully saturated rings. The average molecular weight is 384 g/mol. The van der Waals surface area contributed by atoms with Crippen LogP contribution in [0.4, 0.5) is 0 Å². The molecular weight excluding hydrogens is 368 g/mol. The predicted octanol–water partition coefficient (Wildman–Crippen LogP) is 5.10. The molecular formula is C23H16N2O2S. The Hall–Kier alpha value is -3.44. The summed E-state index contributed by atoms with van der Waals surface area (Å²) in [5.74, 6) is -0.0393. The van der Waals surface area contributed by atoms with Gasteiger partial charge in [-0.3, -0.25) is 0 Å². The van der Waals surface area contributed by atoms with Crippen LogP contribution in [0, 0.1) is 0 Å². The minimum Gasteiger partial charge on any atom is -0.401 e. The summed E-state index contributed by atoms with van der Waals surface area (Å²) in [6.07, 6.45) is 3.88. The largest absolute Gasteiger partial charge is 0.401 e. The summed E-state index contributed by atoms with van der Waals surface area (Å²) >= 11 is 1.50. The minimum atomic E-state index is -0.414. The summed E-state index contributed by atoms with van der Waals surface area (Å²) in [6.45, 7) is 0.763. The number of esters is 1. The molecule has 0 unspecified atom stereocenters. The molecule has 0 radical (unpaired) electrons. The zero-order chi connectivity index (χ0) is 18.9. The molecule has 136 valence electrons. The van der Waals surface area contributed by atoms with Crippen LogP contribution >= 0.6 is 11.3 Å². The topological polar surface area (TPSA) is 43.6 Å². The second-order valence-corrected chi connectivity index (χ2v) is 7.48. The standard InChI is InChI=1S/C23H16N2O2S/c26-23-19(24-22(27-23)21-11-6-12-28-21)13-17-15-25(14-16-7-2-1-3-8-16)20-10-5-4-9-18(17)20/h1-13,15H,14H2. The van der Waals surface area contributed by atoms with Crippen molar-refractivity contribution in [2.45, 2.75) is 6.54 Å². The number of hydrogen-bond donors (Lipinski definition) is 0. The number of ether oxygens (including phenoxy) is 1. The van der Waals surface area contributed by atoms with Gasteiger partial charge < -0.3 is 9.30 Å². The van der Waals surface area contributed by atoms with E-state index in [4.69, 9.17) is 4.74 Å². The van der Waals surface area contributed by atoms with Crippen LogP contribution in [0.25, 0.3) is 17.0 Å². The van der Waals surface area contributed by atoms with Crippen molar-refractivity contribution in [2.75, 3.05) is 0 Å². The van der Waals surface area contributed by atoms with Crippen LogP contribution in [0.2, 0.25) is 0 Å². The molecule has 2 aromatic carbocycles. The Morgan fingerprint density at radius 2 is 1.82 bits per heavy atom. The van der Waals surface area contributed by atoms with E-state index in [1.165, 1.54) is 16.9 Å². The molecule has 4 aromatic rings. The Labute approximate surface area is 166 Å². The number of carbonyl (C=O) groups excluding carboxylic acids is 1. The number of cyclic esters (lactones) is 1. The molecule has 0 spiro atoms. The molecule has 1 aliphatic rings. The van der Waals surface area contributed by atoms with E-state index < -0.39 is 5.97 Å². The molecule has 3 heterocycles. The van der Waals surface area contributed by atoms with Gasteiger partial charge in [-0.15, -0.1) is 11.3 Å². The van der Waals surface area contributed by atoms with Crippen molar-refractivity contribution >= 4 is 40.2 Å². The number of fused-ring (bicyclic) bond motifs is 1. The third kappa shape index (κ3) is 3.06. The number of nitrogens with zero attached hydrogens (tertiary/aromatic N) is 2. The number of aliphatic imine (C=N–C) groups is 1. The summed E-state index contributed by atoms with van der Waals surface area (Å²) in [4.78, 5) is 17.6. The van der Waals surface area contributed by atoms with Crippen LogP contribution in [0.1, 0.15) is 16.0 Å². The van der Waals surface area contributed by atoms with Gasteiger partial charge in [-0.05, 0) is 29.2 Å². The molecule has 5 rings (SSSR count). The van der Waals surface area contributed by atoms with Crippen molar-refractivity contribution in [1.82, 2.24) is 4.57 Å². The fraction of sp³-hybridized carbons (Fsp3) is 0.0435. The maximum atomic E-state index is 12.3. The smallest absolute Gasteiger partial charge is 0.363 e. The lowest BCUT2D eigenvalue weighted by molar-refractivity contribution is -0.129. The predicted molar refractivity (Wildman–Crippen MR) is 112 cm³/mol. The first-order valence-electron chi connectivity index (χ1n) is 8.96. The van der Waals surface area contributed by atoms with E-state index >= 15 is 0 Å². The molecule has 0 saturated carbocycles. The lowest BCUT2D eigenvalue weighted by atomic mass is 10.1. The lowest BCUT2D eigenvalue weighted by Gasteiger charge is -2.05. The van der Waals surface area contributed by atoms with E-state index in [1.54, 1.807) is 0 Å². The van der Waals surface area contributed by atoms with Crippen LogP contribution < -0.4 is 0 Å². The zero-order valence-corrected chi connectivity index (χ0v) is 15.7. The molecule has 0 saturated heterocycles. The van der Waals surface area contributed by atoms with E-state index in [0.717, 1.165) is 27.9 Å². The molecule has 0 aliphatic carbocycles. The number of aromatic nitrogens is 1. The van der Waals surface area contributed by atoms with Crippen LogP contribution in [-0.2, 0) is 16.1 Å². The highest BCUT2D eigenvalue weighted by atomic mass is 32.1. The molecule has 5 heteroatoms. The van der Waals surface area contributed by atoms with E-state index in [9.17, 15) is 4.79 Å². The van der Waals surface area contributed by atoms with Crippen LogP contribution in [-0.4, -0.2) is 16.4 Å². The lowest BCUT2D eigenvalue weighted by Crippen LogP contribution is -2.03. The van der Waals surface area contributed by atoms with Crippen molar-refractivity contribution in [3.63, 3.8) is 0 Å². The van der Waals surface area contributed by atoms with Gasteiger partial charge >= 0.3 is 5.97 Å². The number of rotatable bonds is 4. The Balaban J connectivity index is 1.56. The zero-order valence-electron chi connectivity index (χ0n) is 14.9. The molecule has 0 amide bonds. The Bertz CT molecular complexity index is 1220. The molecule has 0 atom stereocenters. The Morgan fingerprint density at radius 3 is 2.64 bits per heavy atom. The molecule has 0 N–H and O–H groups in total. The van der Waals surface area contributed by atoms with Crippen molar-refractivity contribution in [1.29, 1.82) is 0 Å². The molecule has 28 heavy (non-hydrogen) atoms. The number of carbonyl (C=O) groups is 1. The normalized spacial score (nSPS) is 15.2. The minimum absolute atomic E-state index is 0.325. The average Bonchev–Trinajstić information content (AvgIpc) is 3.44. The van der Waals surface area contributed by atoms with Crippen molar-refractivity contribution in [3.8, 4) is 0 Å². The third-order valence-electron chi connectivity index (χ3n) is 4.66. The molecule has 4 nitrogen and oxygen atoms in total. The first-order chi connectivity index (χ1) is 13.8. The number of para-hydroxylation sites is 1. The number of hydrogen-bond acceptors (Lipinski definition) is 4. The van der Waals surface area contributed by atoms with Crippen LogP contribution in [0.5, 0.6) is 0 Å². The van der Waals surface area contributed by atoms with Crippen molar-refractivity contribution in [2.24, 2.45) is 4.99 Å². The molecule has 1 aliphatic heterocycles. The fourth-order valence-corrected chi connectivity index (χ4v) is 4.01. The maximum absolute atomic E-state index is 12.3. The van der Waals surface area contributed by atoms with Gasteiger partial charge in [0.15, 0.2) is 5.70 Å². The van der Waals surface area contributed by atoms with Gasteiger partial charge in [-0.2, -0.15) is 0 Å².